The van der Waals surface area contributed by atoms with Gasteiger partial charge in [-0.15, -0.1) is 0 Å². The van der Waals surface area contributed by atoms with Gasteiger partial charge in [0, 0.05) is 47.2 Å². The van der Waals surface area contributed by atoms with Crippen LogP contribution in [0.25, 0.3) is 0 Å². The maximum atomic E-state index is 13.9. The molecule has 0 spiro atoms. The molecule has 5 rings (SSSR count). The Labute approximate surface area is 264 Å². The molecule has 0 aliphatic heterocycles. The topological polar surface area (TPSA) is 169 Å². The fourth-order valence-corrected chi connectivity index (χ4v) is 5.83. The Hall–Kier alpha value is -6.04. The third-order valence-electron chi connectivity index (χ3n) is 8.14. The molecule has 0 bridgehead atoms. The lowest BCUT2D eigenvalue weighted by molar-refractivity contribution is -0.385. The summed E-state index contributed by atoms with van der Waals surface area (Å²) < 4.78 is 0. The van der Waals surface area contributed by atoms with Crippen LogP contribution < -0.4 is 10.9 Å². The van der Waals surface area contributed by atoms with E-state index in [2.05, 4.69) is 21.1 Å². The number of nitrogens with one attached hydrogen (secondary N) is 2. The maximum Gasteiger partial charge on any atom is 0.270 e. The lowest BCUT2D eigenvalue weighted by Gasteiger charge is -2.50. The second-order valence-corrected chi connectivity index (χ2v) is 10.9. The van der Waals surface area contributed by atoms with Gasteiger partial charge in [-0.1, -0.05) is 84.9 Å². The molecule has 1 aliphatic carbocycles. The summed E-state index contributed by atoms with van der Waals surface area (Å²) in [7, 11) is 0. The van der Waals surface area contributed by atoms with E-state index in [0.29, 0.717) is 22.6 Å². The van der Waals surface area contributed by atoms with Gasteiger partial charge in [-0.05, 0) is 25.0 Å². The van der Waals surface area contributed by atoms with Crippen molar-refractivity contribution in [2.24, 2.45) is 22.0 Å². The molecule has 12 nitrogen and oxygen atoms in total. The van der Waals surface area contributed by atoms with Crippen molar-refractivity contribution in [1.29, 1.82) is 0 Å². The number of nitro groups is 2. The molecule has 0 heterocycles. The van der Waals surface area contributed by atoms with Crippen molar-refractivity contribution in [1.82, 2.24) is 10.9 Å². The van der Waals surface area contributed by atoms with Gasteiger partial charge in [-0.2, -0.15) is 10.2 Å². The van der Waals surface area contributed by atoms with Crippen LogP contribution in [-0.4, -0.2) is 33.1 Å². The molecule has 12 heteroatoms. The van der Waals surface area contributed by atoms with Crippen LogP contribution in [0.15, 0.2) is 119 Å². The Morgan fingerprint density at radius 2 is 0.957 bits per heavy atom. The molecule has 0 unspecified atom stereocenters. The Balaban J connectivity index is 1.46. The predicted octanol–water partition coefficient (Wildman–Crippen LogP) is 5.70. The van der Waals surface area contributed by atoms with E-state index in [0.717, 1.165) is 11.1 Å². The van der Waals surface area contributed by atoms with Crippen LogP contribution in [0.4, 0.5) is 11.4 Å². The largest absolute Gasteiger partial charge is 0.273 e. The molecule has 232 valence electrons. The van der Waals surface area contributed by atoms with Crippen LogP contribution in [-0.2, 0) is 9.59 Å². The number of hydrogen-bond acceptors (Lipinski definition) is 8. The average molecular weight is 619 g/mol. The van der Waals surface area contributed by atoms with Crippen molar-refractivity contribution in [3.05, 3.63) is 152 Å². The van der Waals surface area contributed by atoms with Gasteiger partial charge in [0.2, 0.25) is 11.8 Å². The zero-order valence-electron chi connectivity index (χ0n) is 24.9. The van der Waals surface area contributed by atoms with E-state index in [1.54, 1.807) is 38.1 Å². The van der Waals surface area contributed by atoms with Crippen LogP contribution in [0.2, 0.25) is 0 Å². The molecule has 4 aromatic rings. The highest BCUT2D eigenvalue weighted by Crippen LogP contribution is 2.57. The number of hydrogen-bond donors (Lipinski definition) is 2. The van der Waals surface area contributed by atoms with Gasteiger partial charge in [0.1, 0.15) is 0 Å². The van der Waals surface area contributed by atoms with Gasteiger partial charge in [-0.3, -0.25) is 29.8 Å². The first kappa shape index (κ1) is 31.4. The van der Waals surface area contributed by atoms with E-state index in [1.165, 1.54) is 24.3 Å². The second-order valence-electron chi connectivity index (χ2n) is 10.9. The molecule has 0 radical (unpaired) electrons. The van der Waals surface area contributed by atoms with Gasteiger partial charge in [0.15, 0.2) is 0 Å². The fourth-order valence-electron chi connectivity index (χ4n) is 5.83. The molecule has 1 saturated carbocycles. The first-order valence-corrected chi connectivity index (χ1v) is 14.4. The van der Waals surface area contributed by atoms with Crippen LogP contribution in [0.1, 0.15) is 47.9 Å². The minimum absolute atomic E-state index is 0.0945. The summed E-state index contributed by atoms with van der Waals surface area (Å²) >= 11 is 0. The molecular formula is C34H30N6O6. The Kier molecular flexibility index (Phi) is 9.36. The van der Waals surface area contributed by atoms with Gasteiger partial charge >= 0.3 is 0 Å². The summed E-state index contributed by atoms with van der Waals surface area (Å²) in [5.74, 6) is -3.27. The summed E-state index contributed by atoms with van der Waals surface area (Å²) in [6.07, 6.45) is 0. The molecule has 4 aromatic carbocycles. The zero-order valence-corrected chi connectivity index (χ0v) is 24.9. The molecule has 0 atom stereocenters. The summed E-state index contributed by atoms with van der Waals surface area (Å²) in [6.45, 7) is 3.28. The molecule has 1 aliphatic rings. The maximum absolute atomic E-state index is 13.9. The number of hydrazone groups is 2. The zero-order chi connectivity index (χ0) is 32.8. The first-order valence-electron chi connectivity index (χ1n) is 14.4. The Bertz CT molecular complexity index is 1700. The van der Waals surface area contributed by atoms with E-state index < -0.39 is 45.3 Å². The molecular weight excluding hydrogens is 588 g/mol. The molecule has 1 fully saturated rings. The molecule has 0 saturated heterocycles. The predicted molar refractivity (Wildman–Crippen MR) is 172 cm³/mol. The van der Waals surface area contributed by atoms with Gasteiger partial charge in [0.05, 0.1) is 33.1 Å². The number of non-ortho nitro benzene ring substituents is 2. The van der Waals surface area contributed by atoms with Crippen LogP contribution in [0, 0.1) is 32.1 Å². The van der Waals surface area contributed by atoms with Crippen molar-refractivity contribution in [3.8, 4) is 0 Å². The SMILES string of the molecule is C/C(=N\NC(=O)C1C(c2ccccc2)C(C(=O)N/N=C(\C)c2cccc([N+](=O)[O-])c2)C1c1ccccc1)c1cccc([N+](=O)[O-])c1. The first-order chi connectivity index (χ1) is 22.2. The van der Waals surface area contributed by atoms with Gasteiger partial charge in [-0.25, -0.2) is 10.9 Å². The minimum atomic E-state index is -0.691. The van der Waals surface area contributed by atoms with E-state index in [1.807, 2.05) is 60.7 Å². The lowest BCUT2D eigenvalue weighted by Crippen LogP contribution is -2.55. The number of carbonyl (C=O) groups excluding carboxylic acids is 2. The smallest absolute Gasteiger partial charge is 0.270 e. The Morgan fingerprint density at radius 3 is 1.30 bits per heavy atom. The summed E-state index contributed by atoms with van der Waals surface area (Å²) in [6, 6.07) is 30.4. The fraction of sp³-hybridized carbons (Fsp3) is 0.176. The third kappa shape index (κ3) is 6.70. The van der Waals surface area contributed by atoms with Crippen molar-refractivity contribution in [3.63, 3.8) is 0 Å². The second kappa shape index (κ2) is 13.7. The lowest BCUT2D eigenvalue weighted by atomic mass is 9.52. The van der Waals surface area contributed by atoms with Crippen molar-refractivity contribution in [2.75, 3.05) is 0 Å². The quantitative estimate of drug-likeness (QED) is 0.131. The number of amides is 2. The highest BCUT2D eigenvalue weighted by Gasteiger charge is 2.58. The number of nitrogens with zero attached hydrogens (tertiary/aromatic N) is 4. The molecule has 2 N–H and O–H groups in total. The van der Waals surface area contributed by atoms with Gasteiger partial charge < -0.3 is 0 Å². The van der Waals surface area contributed by atoms with E-state index >= 15 is 0 Å². The normalized spacial score (nSPS) is 19.4. The average Bonchev–Trinajstić information content (AvgIpc) is 3.06. The highest BCUT2D eigenvalue weighted by atomic mass is 16.6. The van der Waals surface area contributed by atoms with Crippen molar-refractivity contribution in [2.45, 2.75) is 25.7 Å². The summed E-state index contributed by atoms with van der Waals surface area (Å²) in [5.41, 5.74) is 8.39. The number of benzene rings is 4. The van der Waals surface area contributed by atoms with Crippen molar-refractivity contribution >= 4 is 34.6 Å². The van der Waals surface area contributed by atoms with E-state index in [4.69, 9.17) is 0 Å². The van der Waals surface area contributed by atoms with Crippen molar-refractivity contribution < 1.29 is 19.4 Å². The highest BCUT2D eigenvalue weighted by molar-refractivity contribution is 6.01. The summed E-state index contributed by atoms with van der Waals surface area (Å²) in [4.78, 5) is 49.2. The van der Waals surface area contributed by atoms with Gasteiger partial charge in [0.25, 0.3) is 11.4 Å². The van der Waals surface area contributed by atoms with E-state index in [9.17, 15) is 29.8 Å². The monoisotopic (exact) mass is 618 g/mol. The number of rotatable bonds is 10. The molecule has 2 amide bonds. The molecule has 46 heavy (non-hydrogen) atoms. The standard InChI is InChI=1S/C34H30N6O6/c1-21(25-15-9-17-27(19-25)39(43)44)35-37-33(41)31-29(23-11-5-3-6-12-23)32(30(31)24-13-7-4-8-14-24)34(42)38-36-22(2)26-16-10-18-28(20-26)40(45)46/h3-20,29-32H,1-2H3,(H,37,41)(H,38,42)/b35-21+,36-22+. The minimum Gasteiger partial charge on any atom is -0.273 e. The number of carbonyl (C=O) groups is 2. The van der Waals surface area contributed by atoms with Crippen LogP contribution in [0.3, 0.4) is 0 Å². The number of nitro benzene ring substituents is 2. The third-order valence-corrected chi connectivity index (χ3v) is 8.14. The molecule has 0 aromatic heterocycles. The Morgan fingerprint density at radius 1 is 0.587 bits per heavy atom. The summed E-state index contributed by atoms with van der Waals surface area (Å²) in [5, 5.41) is 31.0. The van der Waals surface area contributed by atoms with Crippen LogP contribution >= 0.6 is 0 Å². The van der Waals surface area contributed by atoms with E-state index in [-0.39, 0.29) is 11.4 Å². The van der Waals surface area contributed by atoms with Crippen LogP contribution in [0.5, 0.6) is 0 Å².